The number of aryl methyl sites for hydroxylation is 2. The molecule has 152 valence electrons. The maximum Gasteiger partial charge on any atom is 0.280 e. The molecule has 6 nitrogen and oxygen atoms in total. The topological polar surface area (TPSA) is 79.2 Å². The summed E-state index contributed by atoms with van der Waals surface area (Å²) in [5, 5.41) is 7.28. The van der Waals surface area contributed by atoms with Crippen LogP contribution in [0.5, 0.6) is 0 Å². The van der Waals surface area contributed by atoms with Gasteiger partial charge in [0, 0.05) is 5.69 Å². The molecule has 1 aromatic heterocycles. The van der Waals surface area contributed by atoms with Gasteiger partial charge < -0.3 is 0 Å². The summed E-state index contributed by atoms with van der Waals surface area (Å²) in [4.78, 5) is 25.8. The van der Waals surface area contributed by atoms with Crippen LogP contribution < -0.4 is 11.0 Å². The summed E-state index contributed by atoms with van der Waals surface area (Å²) in [6, 6.07) is 7.75. The predicted molar refractivity (Wildman–Crippen MR) is 112 cm³/mol. The molecule has 1 amide bonds. The number of nitrogens with one attached hydrogen (secondary N) is 2. The second-order valence-electron chi connectivity index (χ2n) is 9.52. The van der Waals surface area contributed by atoms with Crippen LogP contribution in [0.25, 0.3) is 5.69 Å². The minimum Gasteiger partial charge on any atom is -0.295 e. The van der Waals surface area contributed by atoms with Crippen LogP contribution >= 0.6 is 0 Å². The Bertz CT molecular complexity index is 993. The number of carbonyl (C=O) groups is 1. The monoisotopic (exact) mass is 392 g/mol. The van der Waals surface area contributed by atoms with Crippen LogP contribution in [-0.4, -0.2) is 21.9 Å². The Balaban J connectivity index is 1.33. The molecule has 4 aliphatic carbocycles. The number of H-pyrrole nitrogens is 1. The number of nitrogens with zero attached hydrogens (tertiary/aromatic N) is 2. The van der Waals surface area contributed by atoms with Gasteiger partial charge in [-0.1, -0.05) is 17.7 Å². The summed E-state index contributed by atoms with van der Waals surface area (Å²) >= 11 is 0. The summed E-state index contributed by atoms with van der Waals surface area (Å²) in [6.45, 7) is 3.85. The molecule has 0 radical (unpaired) electrons. The number of hydrazone groups is 1. The lowest BCUT2D eigenvalue weighted by atomic mass is 9.49. The van der Waals surface area contributed by atoms with Crippen molar-refractivity contribution in [2.45, 2.75) is 52.4 Å². The molecule has 4 aliphatic rings. The fourth-order valence-electron chi connectivity index (χ4n) is 6.25. The van der Waals surface area contributed by atoms with Crippen molar-refractivity contribution in [3.8, 4) is 5.69 Å². The molecule has 4 bridgehead atoms. The van der Waals surface area contributed by atoms with Gasteiger partial charge in [0.1, 0.15) is 0 Å². The fraction of sp³-hybridized carbons (Fsp3) is 0.522. The van der Waals surface area contributed by atoms with E-state index in [2.05, 4.69) is 15.6 Å². The summed E-state index contributed by atoms with van der Waals surface area (Å²) < 4.78 is 1.51. The number of aromatic nitrogens is 2. The fourth-order valence-corrected chi connectivity index (χ4v) is 6.25. The zero-order chi connectivity index (χ0) is 20.2. The van der Waals surface area contributed by atoms with Gasteiger partial charge in [-0.2, -0.15) is 5.10 Å². The van der Waals surface area contributed by atoms with Gasteiger partial charge in [-0.3, -0.25) is 14.7 Å². The number of rotatable bonds is 4. The molecule has 6 heteroatoms. The van der Waals surface area contributed by atoms with Crippen molar-refractivity contribution < 1.29 is 4.79 Å². The SMILES string of the molecule is Cc1ccc(-n2[nH]c(C)c(/C=N/NC(=O)C34CC5CC(CC(C5)C3)C4)c2=O)cc1. The smallest absolute Gasteiger partial charge is 0.280 e. The molecule has 29 heavy (non-hydrogen) atoms. The average molecular weight is 393 g/mol. The van der Waals surface area contributed by atoms with Crippen LogP contribution in [0.3, 0.4) is 0 Å². The normalized spacial score (nSPS) is 30.2. The second kappa shape index (κ2) is 6.71. The van der Waals surface area contributed by atoms with Crippen molar-refractivity contribution in [3.63, 3.8) is 0 Å². The van der Waals surface area contributed by atoms with Gasteiger partial charge >= 0.3 is 0 Å². The van der Waals surface area contributed by atoms with Crippen molar-refractivity contribution in [2.75, 3.05) is 0 Å². The Morgan fingerprint density at radius 2 is 1.69 bits per heavy atom. The molecule has 0 spiro atoms. The summed E-state index contributed by atoms with van der Waals surface area (Å²) in [5.41, 5.74) is 5.48. The molecule has 0 aliphatic heterocycles. The van der Waals surface area contributed by atoms with Crippen LogP contribution in [0.4, 0.5) is 0 Å². The average Bonchev–Trinajstić information content (AvgIpc) is 2.95. The molecule has 0 unspecified atom stereocenters. The van der Waals surface area contributed by atoms with Gasteiger partial charge in [-0.05, 0) is 82.3 Å². The zero-order valence-electron chi connectivity index (χ0n) is 17.1. The van der Waals surface area contributed by atoms with Crippen LogP contribution in [0.15, 0.2) is 34.2 Å². The lowest BCUT2D eigenvalue weighted by Gasteiger charge is -2.55. The Hall–Kier alpha value is -2.63. The number of aromatic amines is 1. The number of amides is 1. The summed E-state index contributed by atoms with van der Waals surface area (Å²) in [7, 11) is 0. The van der Waals surface area contributed by atoms with E-state index in [0.717, 1.165) is 36.2 Å². The minimum atomic E-state index is -0.235. The second-order valence-corrected chi connectivity index (χ2v) is 9.52. The maximum absolute atomic E-state index is 13.0. The van der Waals surface area contributed by atoms with Crippen molar-refractivity contribution in [1.82, 2.24) is 15.2 Å². The number of hydrogen-bond acceptors (Lipinski definition) is 3. The van der Waals surface area contributed by atoms with Gasteiger partial charge in [-0.15, -0.1) is 0 Å². The Labute approximate surface area is 170 Å². The Kier molecular flexibility index (Phi) is 4.26. The van der Waals surface area contributed by atoms with E-state index in [1.165, 1.54) is 30.2 Å². The summed E-state index contributed by atoms with van der Waals surface area (Å²) in [6.07, 6.45) is 8.40. The molecule has 1 aromatic carbocycles. The lowest BCUT2D eigenvalue weighted by molar-refractivity contribution is -0.146. The summed E-state index contributed by atoms with van der Waals surface area (Å²) in [5.74, 6) is 2.18. The zero-order valence-corrected chi connectivity index (χ0v) is 17.1. The van der Waals surface area contributed by atoms with E-state index >= 15 is 0 Å². The Morgan fingerprint density at radius 1 is 1.10 bits per heavy atom. The molecule has 0 atom stereocenters. The third kappa shape index (κ3) is 3.15. The first-order valence-corrected chi connectivity index (χ1v) is 10.7. The molecule has 0 saturated heterocycles. The molecule has 6 rings (SSSR count). The highest BCUT2D eigenvalue weighted by atomic mass is 16.2. The molecule has 1 heterocycles. The van der Waals surface area contributed by atoms with E-state index in [1.54, 1.807) is 0 Å². The van der Waals surface area contributed by atoms with Crippen LogP contribution in [0.2, 0.25) is 0 Å². The van der Waals surface area contributed by atoms with E-state index in [4.69, 9.17) is 0 Å². The van der Waals surface area contributed by atoms with Gasteiger partial charge in [0.05, 0.1) is 22.9 Å². The minimum absolute atomic E-state index is 0.0416. The quantitative estimate of drug-likeness (QED) is 0.617. The first-order valence-electron chi connectivity index (χ1n) is 10.7. The first kappa shape index (κ1) is 18.4. The third-order valence-electron chi connectivity index (χ3n) is 7.29. The van der Waals surface area contributed by atoms with Crippen molar-refractivity contribution in [3.05, 3.63) is 51.4 Å². The first-order chi connectivity index (χ1) is 13.9. The molecule has 2 aromatic rings. The molecular weight excluding hydrogens is 364 g/mol. The highest BCUT2D eigenvalue weighted by molar-refractivity contribution is 5.86. The van der Waals surface area contributed by atoms with Crippen molar-refractivity contribution >= 4 is 12.1 Å². The molecule has 4 saturated carbocycles. The van der Waals surface area contributed by atoms with Crippen LogP contribution in [0.1, 0.15) is 55.3 Å². The van der Waals surface area contributed by atoms with Gasteiger partial charge in [-0.25, -0.2) is 10.1 Å². The van der Waals surface area contributed by atoms with Gasteiger partial charge in [0.2, 0.25) is 5.91 Å². The van der Waals surface area contributed by atoms with Crippen molar-refractivity contribution in [1.29, 1.82) is 0 Å². The number of carbonyl (C=O) groups excluding carboxylic acids is 1. The predicted octanol–water partition coefficient (Wildman–Crippen LogP) is 3.45. The van der Waals surface area contributed by atoms with E-state index < -0.39 is 0 Å². The maximum atomic E-state index is 13.0. The molecule has 4 fully saturated rings. The van der Waals surface area contributed by atoms with E-state index in [0.29, 0.717) is 23.3 Å². The van der Waals surface area contributed by atoms with Gasteiger partial charge in [0.15, 0.2) is 0 Å². The molecular formula is C23H28N4O2. The highest BCUT2D eigenvalue weighted by Crippen LogP contribution is 2.60. The van der Waals surface area contributed by atoms with E-state index in [1.807, 2.05) is 38.1 Å². The van der Waals surface area contributed by atoms with Gasteiger partial charge in [0.25, 0.3) is 5.56 Å². The largest absolute Gasteiger partial charge is 0.295 e. The highest BCUT2D eigenvalue weighted by Gasteiger charge is 2.54. The van der Waals surface area contributed by atoms with Crippen molar-refractivity contribution in [2.24, 2.45) is 28.3 Å². The van der Waals surface area contributed by atoms with E-state index in [-0.39, 0.29) is 16.9 Å². The standard InChI is InChI=1S/C23H28N4O2/c1-14-3-5-19(6-4-14)27-21(28)20(15(2)26-27)13-24-25-22(29)23-10-16-7-17(11-23)9-18(8-16)12-23/h3-6,13,16-18,26H,7-12H2,1-2H3,(H,25,29)/b24-13+. The number of hydrogen-bond donors (Lipinski definition) is 2. The molecule has 2 N–H and O–H groups in total. The van der Waals surface area contributed by atoms with Crippen LogP contribution in [-0.2, 0) is 4.79 Å². The Morgan fingerprint density at radius 3 is 2.28 bits per heavy atom. The number of benzene rings is 1. The third-order valence-corrected chi connectivity index (χ3v) is 7.29. The van der Waals surface area contributed by atoms with Crippen LogP contribution in [0, 0.1) is 37.0 Å². The van der Waals surface area contributed by atoms with E-state index in [9.17, 15) is 9.59 Å². The lowest BCUT2D eigenvalue weighted by Crippen LogP contribution is -2.52.